The summed E-state index contributed by atoms with van der Waals surface area (Å²) in [5.41, 5.74) is 1.15. The molecule has 2 aromatic rings. The Kier molecular flexibility index (Phi) is 5.17. The van der Waals surface area contributed by atoms with Crippen LogP contribution in [-0.4, -0.2) is 31.6 Å². The molecule has 0 bridgehead atoms. The lowest BCUT2D eigenvalue weighted by atomic mass is 10.2. The quantitative estimate of drug-likeness (QED) is 0.794. The van der Waals surface area contributed by atoms with Crippen LogP contribution in [0, 0.1) is 0 Å². The third kappa shape index (κ3) is 3.84. The molecule has 0 saturated heterocycles. The zero-order chi connectivity index (χ0) is 14.4. The Morgan fingerprint density at radius 1 is 1.30 bits per heavy atom. The van der Waals surface area contributed by atoms with Gasteiger partial charge >= 0.3 is 5.97 Å². The van der Waals surface area contributed by atoms with Gasteiger partial charge in [0, 0.05) is 6.42 Å². The molecule has 6 heteroatoms. The molecule has 0 aliphatic heterocycles. The van der Waals surface area contributed by atoms with Crippen molar-refractivity contribution in [3.05, 3.63) is 41.7 Å². The largest absolute Gasteiger partial charge is 0.481 e. The van der Waals surface area contributed by atoms with Crippen molar-refractivity contribution in [2.45, 2.75) is 31.5 Å². The number of rotatable bonds is 7. The number of thioether (sulfide) groups is 1. The Labute approximate surface area is 122 Å². The first kappa shape index (κ1) is 14.6. The Hall–Kier alpha value is -1.82. The number of carboxylic acid groups (broad SMARTS) is 1. The molecule has 5 nitrogen and oxygen atoms in total. The fourth-order valence-corrected chi connectivity index (χ4v) is 2.56. The molecule has 1 heterocycles. The third-order valence-electron chi connectivity index (χ3n) is 2.78. The van der Waals surface area contributed by atoms with E-state index in [1.165, 1.54) is 11.8 Å². The van der Waals surface area contributed by atoms with Crippen LogP contribution in [0.5, 0.6) is 0 Å². The Balaban J connectivity index is 2.22. The van der Waals surface area contributed by atoms with Crippen LogP contribution in [0.1, 0.15) is 24.7 Å². The summed E-state index contributed by atoms with van der Waals surface area (Å²) in [6.45, 7) is 2.76. The standard InChI is InChI=1S/C14H17N3O2S/c1-2-6-12-15-16-14(20-10-13(18)19)17(12)9-11-7-4-3-5-8-11/h3-5,7-8H,2,6,9-10H2,1H3,(H,18,19). The van der Waals surface area contributed by atoms with Crippen LogP contribution in [0.3, 0.4) is 0 Å². The second-order valence-corrected chi connectivity index (χ2v) is 5.35. The SMILES string of the molecule is CCCc1nnc(SCC(=O)O)n1Cc1ccccc1. The summed E-state index contributed by atoms with van der Waals surface area (Å²) in [5.74, 6) is 0.0597. The molecule has 20 heavy (non-hydrogen) atoms. The normalized spacial score (nSPS) is 10.7. The molecule has 0 saturated carbocycles. The summed E-state index contributed by atoms with van der Waals surface area (Å²) in [5, 5.41) is 17.7. The van der Waals surface area contributed by atoms with Crippen molar-refractivity contribution in [3.8, 4) is 0 Å². The van der Waals surface area contributed by atoms with Gasteiger partial charge in [-0.3, -0.25) is 4.79 Å². The van der Waals surface area contributed by atoms with Gasteiger partial charge in [0.25, 0.3) is 0 Å². The number of nitrogens with zero attached hydrogens (tertiary/aromatic N) is 3. The van der Waals surface area contributed by atoms with Crippen LogP contribution in [0.4, 0.5) is 0 Å². The van der Waals surface area contributed by atoms with E-state index in [4.69, 9.17) is 5.11 Å². The highest BCUT2D eigenvalue weighted by Gasteiger charge is 2.13. The van der Waals surface area contributed by atoms with Crippen molar-refractivity contribution >= 4 is 17.7 Å². The van der Waals surface area contributed by atoms with Crippen LogP contribution in [0.15, 0.2) is 35.5 Å². The van der Waals surface area contributed by atoms with E-state index in [1.54, 1.807) is 0 Å². The summed E-state index contributed by atoms with van der Waals surface area (Å²) in [6.07, 6.45) is 1.82. The summed E-state index contributed by atoms with van der Waals surface area (Å²) in [4.78, 5) is 10.7. The molecule has 0 amide bonds. The molecule has 0 aliphatic rings. The molecule has 1 aromatic carbocycles. The Bertz CT molecular complexity index is 569. The van der Waals surface area contributed by atoms with E-state index in [0.29, 0.717) is 11.7 Å². The molecule has 106 valence electrons. The first-order valence-corrected chi connectivity index (χ1v) is 7.50. The zero-order valence-corrected chi connectivity index (χ0v) is 12.1. The summed E-state index contributed by atoms with van der Waals surface area (Å²) < 4.78 is 2.01. The van der Waals surface area contributed by atoms with E-state index < -0.39 is 5.97 Å². The number of carbonyl (C=O) groups is 1. The van der Waals surface area contributed by atoms with Crippen LogP contribution >= 0.6 is 11.8 Å². The molecule has 0 fully saturated rings. The van der Waals surface area contributed by atoms with Gasteiger partial charge in [-0.05, 0) is 12.0 Å². The highest BCUT2D eigenvalue weighted by Crippen LogP contribution is 2.19. The van der Waals surface area contributed by atoms with Crippen molar-refractivity contribution in [2.75, 3.05) is 5.75 Å². The minimum absolute atomic E-state index is 0.000944. The van der Waals surface area contributed by atoms with Crippen molar-refractivity contribution in [3.63, 3.8) is 0 Å². The maximum absolute atomic E-state index is 10.7. The molecule has 1 aromatic heterocycles. The fourth-order valence-electron chi connectivity index (χ4n) is 1.89. The zero-order valence-electron chi connectivity index (χ0n) is 11.3. The van der Waals surface area contributed by atoms with Gasteiger partial charge in [0.2, 0.25) is 0 Å². The Morgan fingerprint density at radius 2 is 2.05 bits per heavy atom. The lowest BCUT2D eigenvalue weighted by Crippen LogP contribution is -2.08. The number of benzene rings is 1. The first-order chi connectivity index (χ1) is 9.70. The highest BCUT2D eigenvalue weighted by atomic mass is 32.2. The number of aliphatic carboxylic acids is 1. The number of aromatic nitrogens is 3. The topological polar surface area (TPSA) is 68.0 Å². The number of hydrogen-bond donors (Lipinski definition) is 1. The number of carboxylic acids is 1. The van der Waals surface area contributed by atoms with Gasteiger partial charge in [-0.15, -0.1) is 10.2 Å². The molecule has 1 N–H and O–H groups in total. The molecule has 0 atom stereocenters. The van der Waals surface area contributed by atoms with E-state index >= 15 is 0 Å². The van der Waals surface area contributed by atoms with Gasteiger partial charge < -0.3 is 9.67 Å². The third-order valence-corrected chi connectivity index (χ3v) is 3.73. The lowest BCUT2D eigenvalue weighted by molar-refractivity contribution is -0.133. The van der Waals surface area contributed by atoms with Crippen molar-refractivity contribution < 1.29 is 9.90 Å². The molecular formula is C14H17N3O2S. The highest BCUT2D eigenvalue weighted by molar-refractivity contribution is 7.99. The van der Waals surface area contributed by atoms with E-state index in [0.717, 1.165) is 24.2 Å². The van der Waals surface area contributed by atoms with Crippen molar-refractivity contribution in [2.24, 2.45) is 0 Å². The Morgan fingerprint density at radius 3 is 2.70 bits per heavy atom. The van der Waals surface area contributed by atoms with Gasteiger partial charge in [-0.25, -0.2) is 0 Å². The van der Waals surface area contributed by atoms with E-state index in [-0.39, 0.29) is 5.75 Å². The predicted molar refractivity (Wildman–Crippen MR) is 77.9 cm³/mol. The predicted octanol–water partition coefficient (Wildman–Crippen LogP) is 2.46. The minimum Gasteiger partial charge on any atom is -0.481 e. The average molecular weight is 291 g/mol. The molecular weight excluding hydrogens is 274 g/mol. The molecule has 0 radical (unpaired) electrons. The average Bonchev–Trinajstić information content (AvgIpc) is 2.81. The lowest BCUT2D eigenvalue weighted by Gasteiger charge is -2.09. The molecule has 2 rings (SSSR count). The summed E-state index contributed by atoms with van der Waals surface area (Å²) in [7, 11) is 0. The van der Waals surface area contributed by atoms with Crippen LogP contribution in [-0.2, 0) is 17.8 Å². The van der Waals surface area contributed by atoms with Gasteiger partial charge in [0.15, 0.2) is 5.16 Å². The second-order valence-electron chi connectivity index (χ2n) is 4.40. The van der Waals surface area contributed by atoms with Gasteiger partial charge in [-0.1, -0.05) is 49.0 Å². The van der Waals surface area contributed by atoms with Crippen LogP contribution in [0.25, 0.3) is 0 Å². The minimum atomic E-state index is -0.846. The van der Waals surface area contributed by atoms with E-state index in [1.807, 2.05) is 34.9 Å². The van der Waals surface area contributed by atoms with Crippen molar-refractivity contribution in [1.82, 2.24) is 14.8 Å². The van der Waals surface area contributed by atoms with E-state index in [2.05, 4.69) is 17.1 Å². The van der Waals surface area contributed by atoms with Crippen LogP contribution in [0.2, 0.25) is 0 Å². The summed E-state index contributed by atoms with van der Waals surface area (Å²) >= 11 is 1.21. The summed E-state index contributed by atoms with van der Waals surface area (Å²) in [6, 6.07) is 10.0. The number of hydrogen-bond acceptors (Lipinski definition) is 4. The molecule has 0 spiro atoms. The second kappa shape index (κ2) is 7.09. The molecule has 0 aliphatic carbocycles. The monoisotopic (exact) mass is 291 g/mol. The van der Waals surface area contributed by atoms with Crippen LogP contribution < -0.4 is 0 Å². The smallest absolute Gasteiger partial charge is 0.313 e. The first-order valence-electron chi connectivity index (χ1n) is 6.51. The van der Waals surface area contributed by atoms with E-state index in [9.17, 15) is 4.79 Å². The van der Waals surface area contributed by atoms with Gasteiger partial charge in [-0.2, -0.15) is 0 Å². The maximum Gasteiger partial charge on any atom is 0.313 e. The fraction of sp³-hybridized carbons (Fsp3) is 0.357. The maximum atomic E-state index is 10.7. The van der Waals surface area contributed by atoms with Crippen molar-refractivity contribution in [1.29, 1.82) is 0 Å². The van der Waals surface area contributed by atoms with Gasteiger partial charge in [0.1, 0.15) is 5.82 Å². The number of aryl methyl sites for hydroxylation is 1. The van der Waals surface area contributed by atoms with Gasteiger partial charge in [0.05, 0.1) is 12.3 Å². The molecule has 0 unspecified atom stereocenters.